The normalized spacial score (nSPS) is 12.1. The van der Waals surface area contributed by atoms with E-state index in [1.165, 1.54) is 0 Å². The predicted octanol–water partition coefficient (Wildman–Crippen LogP) is 5.79. The van der Waals surface area contributed by atoms with Gasteiger partial charge in [0.1, 0.15) is 0 Å². The van der Waals surface area contributed by atoms with Gasteiger partial charge < -0.3 is 29.1 Å². The summed E-state index contributed by atoms with van der Waals surface area (Å²) in [7, 11) is 0.797. The molecule has 40 heavy (non-hydrogen) atoms. The molecule has 0 saturated heterocycles. The monoisotopic (exact) mass is 558 g/mol. The van der Waals surface area contributed by atoms with Crippen LogP contribution in [0.25, 0.3) is 16.9 Å². The van der Waals surface area contributed by atoms with Gasteiger partial charge in [-0.25, -0.2) is 13.4 Å². The average molecular weight is 559 g/mol. The first-order valence-corrected chi connectivity index (χ1v) is 14.0. The maximum absolute atomic E-state index is 14.0. The number of hydrogen-bond acceptors (Lipinski definition) is 7. The van der Waals surface area contributed by atoms with Crippen LogP contribution in [0.1, 0.15) is 16.5 Å². The number of methoxy groups -OCH3 is 3. The standard InChI is InChI=1S/C30H30N4O5S/c1-20-5-11-25(12-6-20)40(35,36)30(33-23-7-9-24(10-8-23)34-14-13-31-19-34)22-15-26(32-18-22)21-16-27(37-2)29(39-4)28(17-21)38-3/h5-19,30,32-33H,1-4H3. The summed E-state index contributed by atoms with van der Waals surface area (Å²) in [6.45, 7) is 1.92. The first-order chi connectivity index (χ1) is 19.3. The third-order valence-electron chi connectivity index (χ3n) is 6.61. The molecule has 1 unspecified atom stereocenters. The highest BCUT2D eigenvalue weighted by molar-refractivity contribution is 7.91. The number of hydrogen-bond donors (Lipinski definition) is 2. The maximum Gasteiger partial charge on any atom is 0.203 e. The lowest BCUT2D eigenvalue weighted by Crippen LogP contribution is -2.21. The molecule has 2 aromatic heterocycles. The van der Waals surface area contributed by atoms with Gasteiger partial charge in [-0.05, 0) is 61.5 Å². The van der Waals surface area contributed by atoms with E-state index in [1.54, 1.807) is 64.3 Å². The van der Waals surface area contributed by atoms with Gasteiger partial charge in [-0.3, -0.25) is 0 Å². The van der Waals surface area contributed by atoms with E-state index < -0.39 is 15.2 Å². The molecule has 0 amide bonds. The minimum atomic E-state index is -3.84. The van der Waals surface area contributed by atoms with Crippen molar-refractivity contribution >= 4 is 15.5 Å². The minimum absolute atomic E-state index is 0.223. The molecular formula is C30H30N4O5S. The van der Waals surface area contributed by atoms with E-state index in [1.807, 2.05) is 60.2 Å². The van der Waals surface area contributed by atoms with E-state index in [-0.39, 0.29) is 4.90 Å². The molecule has 0 radical (unpaired) electrons. The molecule has 0 saturated carbocycles. The Hall–Kier alpha value is -4.70. The van der Waals surface area contributed by atoms with Gasteiger partial charge in [-0.2, -0.15) is 0 Å². The average Bonchev–Trinajstić information content (AvgIpc) is 3.69. The van der Waals surface area contributed by atoms with Crippen LogP contribution >= 0.6 is 0 Å². The highest BCUT2D eigenvalue weighted by atomic mass is 32.2. The number of nitrogens with one attached hydrogen (secondary N) is 2. The highest BCUT2D eigenvalue weighted by Crippen LogP contribution is 2.42. The van der Waals surface area contributed by atoms with Crippen LogP contribution in [0.4, 0.5) is 5.69 Å². The van der Waals surface area contributed by atoms with Crippen molar-refractivity contribution in [1.29, 1.82) is 0 Å². The Bertz CT molecular complexity index is 1670. The number of nitrogens with zero attached hydrogens (tertiary/aromatic N) is 2. The van der Waals surface area contributed by atoms with Crippen LogP contribution in [0.5, 0.6) is 17.2 Å². The molecule has 0 fully saturated rings. The van der Waals surface area contributed by atoms with E-state index in [2.05, 4.69) is 15.3 Å². The zero-order valence-electron chi connectivity index (χ0n) is 22.6. The van der Waals surface area contributed by atoms with E-state index in [0.29, 0.717) is 34.2 Å². The highest BCUT2D eigenvalue weighted by Gasteiger charge is 2.30. The molecule has 0 aliphatic rings. The smallest absolute Gasteiger partial charge is 0.203 e. The first-order valence-electron chi connectivity index (χ1n) is 12.5. The molecule has 0 bridgehead atoms. The zero-order valence-corrected chi connectivity index (χ0v) is 23.4. The molecule has 2 heterocycles. The van der Waals surface area contributed by atoms with E-state index >= 15 is 0 Å². The summed E-state index contributed by atoms with van der Waals surface area (Å²) in [6, 6.07) is 19.8. The van der Waals surface area contributed by atoms with Crippen molar-refractivity contribution in [2.75, 3.05) is 26.6 Å². The molecule has 0 aliphatic carbocycles. The number of aryl methyl sites for hydroxylation is 1. The third-order valence-corrected chi connectivity index (χ3v) is 8.55. The van der Waals surface area contributed by atoms with Crippen molar-refractivity contribution < 1.29 is 22.6 Å². The molecule has 9 nitrogen and oxygen atoms in total. The second kappa shape index (κ2) is 11.2. The molecule has 206 valence electrons. The van der Waals surface area contributed by atoms with Crippen LogP contribution < -0.4 is 19.5 Å². The van der Waals surface area contributed by atoms with E-state index in [9.17, 15) is 8.42 Å². The molecule has 0 spiro atoms. The topological polar surface area (TPSA) is 107 Å². The second-order valence-electron chi connectivity index (χ2n) is 9.16. The number of ether oxygens (including phenoxy) is 3. The lowest BCUT2D eigenvalue weighted by atomic mass is 10.1. The van der Waals surface area contributed by atoms with Crippen LogP contribution in [0, 0.1) is 6.92 Å². The summed E-state index contributed by atoms with van der Waals surface area (Å²) in [5.74, 6) is 1.46. The van der Waals surface area contributed by atoms with Crippen molar-refractivity contribution in [3.05, 3.63) is 103 Å². The quantitative estimate of drug-likeness (QED) is 0.224. The number of benzene rings is 3. The number of aromatic nitrogens is 3. The summed E-state index contributed by atoms with van der Waals surface area (Å²) in [5.41, 5.74) is 4.52. The van der Waals surface area contributed by atoms with Gasteiger partial charge in [0.15, 0.2) is 16.9 Å². The van der Waals surface area contributed by atoms with Crippen molar-refractivity contribution in [2.24, 2.45) is 0 Å². The number of imidazole rings is 1. The number of rotatable bonds is 10. The number of sulfone groups is 1. The summed E-state index contributed by atoms with van der Waals surface area (Å²) in [5, 5.41) is 2.18. The Morgan fingerprint density at radius 2 is 1.57 bits per heavy atom. The van der Waals surface area contributed by atoms with Crippen molar-refractivity contribution in [3.63, 3.8) is 0 Å². The number of H-pyrrole nitrogens is 1. The molecule has 5 aromatic rings. The summed E-state index contributed by atoms with van der Waals surface area (Å²) in [4.78, 5) is 7.53. The second-order valence-corrected chi connectivity index (χ2v) is 11.2. The summed E-state index contributed by atoms with van der Waals surface area (Å²) >= 11 is 0. The molecule has 10 heteroatoms. The van der Waals surface area contributed by atoms with Gasteiger partial charge in [-0.1, -0.05) is 17.7 Å². The fraction of sp³-hybridized carbons (Fsp3) is 0.167. The fourth-order valence-corrected chi connectivity index (χ4v) is 6.04. The van der Waals surface area contributed by atoms with Gasteiger partial charge >= 0.3 is 0 Å². The lowest BCUT2D eigenvalue weighted by molar-refractivity contribution is 0.324. The Balaban J connectivity index is 1.55. The van der Waals surface area contributed by atoms with Crippen molar-refractivity contribution in [3.8, 4) is 34.2 Å². The van der Waals surface area contributed by atoms with Gasteiger partial charge in [0.25, 0.3) is 0 Å². The Kier molecular flexibility index (Phi) is 7.52. The fourth-order valence-electron chi connectivity index (χ4n) is 4.46. The van der Waals surface area contributed by atoms with Crippen LogP contribution in [-0.2, 0) is 9.84 Å². The largest absolute Gasteiger partial charge is 0.493 e. The van der Waals surface area contributed by atoms with Crippen LogP contribution in [-0.4, -0.2) is 44.3 Å². The third kappa shape index (κ3) is 5.26. The molecular weight excluding hydrogens is 528 g/mol. The number of anilines is 1. The van der Waals surface area contributed by atoms with Gasteiger partial charge in [0, 0.05) is 46.8 Å². The molecule has 3 aromatic carbocycles. The van der Waals surface area contributed by atoms with Crippen LogP contribution in [0.15, 0.2) is 96.5 Å². The molecule has 1 atom stereocenters. The summed E-state index contributed by atoms with van der Waals surface area (Å²) in [6.07, 6.45) is 6.95. The van der Waals surface area contributed by atoms with Crippen LogP contribution in [0.2, 0.25) is 0 Å². The predicted molar refractivity (Wildman–Crippen MR) is 154 cm³/mol. The molecule has 5 rings (SSSR count). The van der Waals surface area contributed by atoms with E-state index in [4.69, 9.17) is 14.2 Å². The van der Waals surface area contributed by atoms with Gasteiger partial charge in [0.2, 0.25) is 15.6 Å². The SMILES string of the molecule is COc1cc(-c2cc(C(Nc3ccc(-n4ccnc4)cc3)S(=O)(=O)c3ccc(C)cc3)c[nH]2)cc(OC)c1OC. The first kappa shape index (κ1) is 26.9. The van der Waals surface area contributed by atoms with E-state index in [0.717, 1.165) is 16.8 Å². The molecule has 0 aliphatic heterocycles. The maximum atomic E-state index is 14.0. The summed E-state index contributed by atoms with van der Waals surface area (Å²) < 4.78 is 46.3. The Labute approximate surface area is 233 Å². The molecule has 2 N–H and O–H groups in total. The zero-order chi connectivity index (χ0) is 28.3. The minimum Gasteiger partial charge on any atom is -0.493 e. The van der Waals surface area contributed by atoms with Gasteiger partial charge in [0.05, 0.1) is 32.6 Å². The lowest BCUT2D eigenvalue weighted by Gasteiger charge is -2.20. The Morgan fingerprint density at radius 1 is 0.900 bits per heavy atom. The van der Waals surface area contributed by atoms with Crippen molar-refractivity contribution in [2.45, 2.75) is 17.2 Å². The van der Waals surface area contributed by atoms with Gasteiger partial charge in [-0.15, -0.1) is 0 Å². The van der Waals surface area contributed by atoms with Crippen LogP contribution in [0.3, 0.4) is 0 Å². The number of aromatic amines is 1. The van der Waals surface area contributed by atoms with Crippen molar-refractivity contribution in [1.82, 2.24) is 14.5 Å². The Morgan fingerprint density at radius 3 is 2.15 bits per heavy atom.